The molecule has 0 radical (unpaired) electrons. The van der Waals surface area contributed by atoms with Crippen LogP contribution >= 0.6 is 0 Å². The summed E-state index contributed by atoms with van der Waals surface area (Å²) >= 11 is 0. The van der Waals surface area contributed by atoms with Crippen LogP contribution < -0.4 is 14.8 Å². The molecule has 2 aromatic carbocycles. The maximum atomic E-state index is 12.4. The molecule has 9 heteroatoms. The van der Waals surface area contributed by atoms with Crippen LogP contribution in [0.15, 0.2) is 47.4 Å². The van der Waals surface area contributed by atoms with Crippen molar-refractivity contribution >= 4 is 21.4 Å². The van der Waals surface area contributed by atoms with Crippen LogP contribution in [0.25, 0.3) is 0 Å². The van der Waals surface area contributed by atoms with Gasteiger partial charge in [0.1, 0.15) is 5.75 Å². The molecule has 3 rings (SSSR count). The van der Waals surface area contributed by atoms with Crippen molar-refractivity contribution in [1.82, 2.24) is 4.72 Å². The first-order valence-electron chi connectivity index (χ1n) is 8.06. The molecule has 0 aliphatic heterocycles. The summed E-state index contributed by atoms with van der Waals surface area (Å²) in [4.78, 5) is 10.4. The number of nitro groups is 1. The SMILES string of the molecule is COc1ccc(S(=O)(=O)NC2CC2)cc1NCc1ccc([N+](=O)[O-])cc1. The predicted octanol–water partition coefficient (Wildman–Crippen LogP) is 2.66. The van der Waals surface area contributed by atoms with Gasteiger partial charge in [0.25, 0.3) is 5.69 Å². The fourth-order valence-corrected chi connectivity index (χ4v) is 3.74. The molecule has 0 bridgehead atoms. The lowest BCUT2D eigenvalue weighted by Gasteiger charge is -2.13. The Bertz CT molecular complexity index is 908. The number of nitrogens with one attached hydrogen (secondary N) is 2. The Balaban J connectivity index is 1.77. The lowest BCUT2D eigenvalue weighted by Crippen LogP contribution is -2.25. The molecule has 26 heavy (non-hydrogen) atoms. The van der Waals surface area contributed by atoms with Gasteiger partial charge in [0.15, 0.2) is 0 Å². The fourth-order valence-electron chi connectivity index (χ4n) is 2.41. The highest BCUT2D eigenvalue weighted by Gasteiger charge is 2.28. The topological polar surface area (TPSA) is 111 Å². The number of nitrogens with zero attached hydrogens (tertiary/aromatic N) is 1. The highest BCUT2D eigenvalue weighted by atomic mass is 32.2. The molecule has 1 saturated carbocycles. The summed E-state index contributed by atoms with van der Waals surface area (Å²) in [5.74, 6) is 0.511. The molecule has 0 unspecified atom stereocenters. The summed E-state index contributed by atoms with van der Waals surface area (Å²) in [6.45, 7) is 0.369. The van der Waals surface area contributed by atoms with Crippen LogP contribution in [0.3, 0.4) is 0 Å². The van der Waals surface area contributed by atoms with E-state index in [9.17, 15) is 18.5 Å². The number of hydrogen-bond donors (Lipinski definition) is 2. The molecule has 1 fully saturated rings. The van der Waals surface area contributed by atoms with Gasteiger partial charge in [-0.15, -0.1) is 0 Å². The number of benzene rings is 2. The van der Waals surface area contributed by atoms with E-state index in [1.165, 1.54) is 31.4 Å². The van der Waals surface area contributed by atoms with Gasteiger partial charge in [-0.1, -0.05) is 12.1 Å². The van der Waals surface area contributed by atoms with Crippen LogP contribution in [0.1, 0.15) is 18.4 Å². The van der Waals surface area contributed by atoms with Gasteiger partial charge in [0.2, 0.25) is 10.0 Å². The normalized spacial score (nSPS) is 14.0. The van der Waals surface area contributed by atoms with Gasteiger partial charge in [-0.3, -0.25) is 10.1 Å². The van der Waals surface area contributed by atoms with Crippen LogP contribution in [-0.4, -0.2) is 26.5 Å². The van der Waals surface area contributed by atoms with Crippen molar-refractivity contribution in [2.45, 2.75) is 30.3 Å². The average Bonchev–Trinajstić information content (AvgIpc) is 3.43. The Morgan fingerprint density at radius 2 is 1.88 bits per heavy atom. The smallest absolute Gasteiger partial charge is 0.269 e. The third-order valence-corrected chi connectivity index (χ3v) is 5.53. The third-order valence-electron chi connectivity index (χ3n) is 4.01. The van der Waals surface area contributed by atoms with Gasteiger partial charge >= 0.3 is 0 Å². The monoisotopic (exact) mass is 377 g/mol. The molecule has 8 nitrogen and oxygen atoms in total. The van der Waals surface area contributed by atoms with Crippen LogP contribution in [-0.2, 0) is 16.6 Å². The molecule has 0 heterocycles. The minimum atomic E-state index is -3.56. The first kappa shape index (κ1) is 18.2. The number of hydrogen-bond acceptors (Lipinski definition) is 6. The molecule has 0 saturated heterocycles. The van der Waals surface area contributed by atoms with Crippen molar-refractivity contribution in [3.63, 3.8) is 0 Å². The quantitative estimate of drug-likeness (QED) is 0.540. The number of anilines is 1. The summed E-state index contributed by atoms with van der Waals surface area (Å²) in [5.41, 5.74) is 1.37. The number of non-ortho nitro benzene ring substituents is 1. The lowest BCUT2D eigenvalue weighted by molar-refractivity contribution is -0.384. The van der Waals surface area contributed by atoms with E-state index in [2.05, 4.69) is 10.0 Å². The summed E-state index contributed by atoms with van der Waals surface area (Å²) in [7, 11) is -2.06. The minimum Gasteiger partial charge on any atom is -0.495 e. The molecule has 0 atom stereocenters. The second-order valence-electron chi connectivity index (χ2n) is 6.03. The molecule has 1 aliphatic carbocycles. The van der Waals surface area contributed by atoms with E-state index in [-0.39, 0.29) is 16.6 Å². The number of methoxy groups -OCH3 is 1. The van der Waals surface area contributed by atoms with Crippen molar-refractivity contribution in [1.29, 1.82) is 0 Å². The van der Waals surface area contributed by atoms with Gasteiger partial charge in [-0.05, 0) is 36.6 Å². The molecular weight excluding hydrogens is 358 g/mol. The highest BCUT2D eigenvalue weighted by Crippen LogP contribution is 2.29. The first-order valence-corrected chi connectivity index (χ1v) is 9.55. The summed E-state index contributed by atoms with van der Waals surface area (Å²) in [6, 6.07) is 10.8. The van der Waals surface area contributed by atoms with E-state index in [0.717, 1.165) is 18.4 Å². The first-order chi connectivity index (χ1) is 12.4. The van der Waals surface area contributed by atoms with Crippen molar-refractivity contribution < 1.29 is 18.1 Å². The van der Waals surface area contributed by atoms with E-state index in [4.69, 9.17) is 4.74 Å². The van der Waals surface area contributed by atoms with Crippen LogP contribution in [0.2, 0.25) is 0 Å². The van der Waals surface area contributed by atoms with E-state index in [0.29, 0.717) is 18.0 Å². The molecular formula is C17H19N3O5S. The minimum absolute atomic E-state index is 0.0190. The Hall–Kier alpha value is -2.65. The van der Waals surface area contributed by atoms with E-state index in [1.807, 2.05) is 0 Å². The van der Waals surface area contributed by atoms with Crippen molar-refractivity contribution in [2.24, 2.45) is 0 Å². The van der Waals surface area contributed by atoms with E-state index in [1.54, 1.807) is 18.2 Å². The summed E-state index contributed by atoms with van der Waals surface area (Å²) in [6.07, 6.45) is 1.72. The molecule has 2 aromatic rings. The van der Waals surface area contributed by atoms with E-state index >= 15 is 0 Å². The third kappa shape index (κ3) is 4.30. The zero-order valence-corrected chi connectivity index (χ0v) is 15.0. The zero-order chi connectivity index (χ0) is 18.7. The Morgan fingerprint density at radius 1 is 1.19 bits per heavy atom. The van der Waals surface area contributed by atoms with Crippen molar-refractivity contribution in [3.8, 4) is 5.75 Å². The van der Waals surface area contributed by atoms with Gasteiger partial charge in [0.05, 0.1) is 22.6 Å². The molecule has 1 aliphatic rings. The Labute approximate surface area is 151 Å². The van der Waals surface area contributed by atoms with Crippen LogP contribution in [0, 0.1) is 10.1 Å². The van der Waals surface area contributed by atoms with E-state index < -0.39 is 14.9 Å². The second-order valence-corrected chi connectivity index (χ2v) is 7.75. The average molecular weight is 377 g/mol. The highest BCUT2D eigenvalue weighted by molar-refractivity contribution is 7.89. The van der Waals surface area contributed by atoms with Gasteiger partial charge in [-0.25, -0.2) is 13.1 Å². The summed E-state index contributed by atoms with van der Waals surface area (Å²) in [5, 5.41) is 13.8. The maximum Gasteiger partial charge on any atom is 0.269 e. The maximum absolute atomic E-state index is 12.4. The second kappa shape index (κ2) is 7.30. The molecule has 0 spiro atoms. The fraction of sp³-hybridized carbons (Fsp3) is 0.294. The van der Waals surface area contributed by atoms with Crippen molar-refractivity contribution in [2.75, 3.05) is 12.4 Å². The standard InChI is InChI=1S/C17H19N3O5S/c1-25-17-9-8-15(26(23,24)19-13-4-5-13)10-16(17)18-11-12-2-6-14(7-3-12)20(21)22/h2-3,6-10,13,18-19H,4-5,11H2,1H3. The van der Waals surface area contributed by atoms with Crippen LogP contribution in [0.5, 0.6) is 5.75 Å². The van der Waals surface area contributed by atoms with Gasteiger partial charge < -0.3 is 10.1 Å². The number of rotatable bonds is 8. The largest absolute Gasteiger partial charge is 0.495 e. The Morgan fingerprint density at radius 3 is 2.46 bits per heavy atom. The number of sulfonamides is 1. The van der Waals surface area contributed by atoms with Crippen molar-refractivity contribution in [3.05, 3.63) is 58.1 Å². The van der Waals surface area contributed by atoms with Gasteiger partial charge in [0, 0.05) is 24.7 Å². The molecule has 2 N–H and O–H groups in total. The number of ether oxygens (including phenoxy) is 1. The molecule has 138 valence electrons. The summed E-state index contributed by atoms with van der Waals surface area (Å²) < 4.78 is 32.7. The molecule has 0 amide bonds. The zero-order valence-electron chi connectivity index (χ0n) is 14.1. The van der Waals surface area contributed by atoms with Gasteiger partial charge in [-0.2, -0.15) is 0 Å². The van der Waals surface area contributed by atoms with Crippen LogP contribution in [0.4, 0.5) is 11.4 Å². The predicted molar refractivity (Wildman–Crippen MR) is 96.8 cm³/mol. The lowest BCUT2D eigenvalue weighted by atomic mass is 10.2. The molecule has 0 aromatic heterocycles. The Kier molecular flexibility index (Phi) is 5.10. The number of nitro benzene ring substituents is 1.